The number of benzene rings is 1. The van der Waals surface area contributed by atoms with Crippen molar-refractivity contribution in [1.82, 2.24) is 4.90 Å². The first kappa shape index (κ1) is 16.7. The summed E-state index contributed by atoms with van der Waals surface area (Å²) in [6.07, 6.45) is 0.505. The lowest BCUT2D eigenvalue weighted by Crippen LogP contribution is -2.43. The number of halogens is 2. The van der Waals surface area contributed by atoms with E-state index in [2.05, 4.69) is 43.7 Å². The Morgan fingerprint density at radius 2 is 1.89 bits per heavy atom. The summed E-state index contributed by atoms with van der Waals surface area (Å²) in [5.74, 6) is 0.142. The van der Waals surface area contributed by atoms with Gasteiger partial charge in [-0.25, -0.2) is 0 Å². The van der Waals surface area contributed by atoms with E-state index < -0.39 is 0 Å². The molecule has 0 radical (unpaired) electrons. The van der Waals surface area contributed by atoms with E-state index in [4.69, 9.17) is 0 Å². The van der Waals surface area contributed by atoms with Gasteiger partial charge in [0, 0.05) is 33.6 Å². The minimum Gasteiger partial charge on any atom is -0.308 e. The van der Waals surface area contributed by atoms with E-state index in [1.807, 2.05) is 44.1 Å². The van der Waals surface area contributed by atoms with Crippen LogP contribution in [-0.4, -0.2) is 37.5 Å². The van der Waals surface area contributed by atoms with Gasteiger partial charge in [0.05, 0.1) is 0 Å². The largest absolute Gasteiger partial charge is 0.308 e. The molecule has 0 bridgehead atoms. The second-order valence-corrected chi connectivity index (χ2v) is 6.54. The van der Waals surface area contributed by atoms with Gasteiger partial charge in [-0.15, -0.1) is 0 Å². The summed E-state index contributed by atoms with van der Waals surface area (Å²) < 4.78 is 1.94. The van der Waals surface area contributed by atoms with E-state index >= 15 is 0 Å². The third-order valence-electron chi connectivity index (χ3n) is 2.82. The molecule has 1 atom stereocenters. The van der Waals surface area contributed by atoms with Crippen LogP contribution in [0.2, 0.25) is 0 Å². The van der Waals surface area contributed by atoms with Crippen molar-refractivity contribution >= 4 is 43.5 Å². The van der Waals surface area contributed by atoms with E-state index in [1.165, 1.54) is 0 Å². The lowest BCUT2D eigenvalue weighted by atomic mass is 10.2. The number of likely N-dealkylation sites (N-methyl/N-ethyl adjacent to an activating group) is 1. The molecule has 0 saturated heterocycles. The van der Waals surface area contributed by atoms with Crippen LogP contribution in [0.25, 0.3) is 0 Å². The number of hydrogen-bond acceptors (Lipinski definition) is 2. The van der Waals surface area contributed by atoms with Crippen molar-refractivity contribution in [1.29, 1.82) is 0 Å². The van der Waals surface area contributed by atoms with Crippen LogP contribution in [0.15, 0.2) is 27.1 Å². The molecule has 0 N–H and O–H groups in total. The van der Waals surface area contributed by atoms with E-state index in [9.17, 15) is 4.79 Å². The van der Waals surface area contributed by atoms with Crippen LogP contribution >= 0.6 is 31.9 Å². The molecule has 1 amide bonds. The Morgan fingerprint density at radius 3 is 2.37 bits per heavy atom. The summed E-state index contributed by atoms with van der Waals surface area (Å²) in [4.78, 5) is 16.2. The minimum atomic E-state index is 0.135. The van der Waals surface area contributed by atoms with Crippen molar-refractivity contribution in [2.75, 3.05) is 25.5 Å². The Morgan fingerprint density at radius 1 is 1.26 bits per heavy atom. The zero-order valence-electron chi connectivity index (χ0n) is 11.8. The molecule has 0 fully saturated rings. The van der Waals surface area contributed by atoms with Gasteiger partial charge in [-0.2, -0.15) is 0 Å². The molecule has 1 aromatic carbocycles. The molecule has 0 saturated carbocycles. The van der Waals surface area contributed by atoms with Gasteiger partial charge >= 0.3 is 0 Å². The molecular weight excluding hydrogens is 372 g/mol. The van der Waals surface area contributed by atoms with Gasteiger partial charge in [0.2, 0.25) is 5.91 Å². The van der Waals surface area contributed by atoms with E-state index in [1.54, 1.807) is 0 Å². The maximum Gasteiger partial charge on any atom is 0.226 e. The first-order valence-electron chi connectivity index (χ1n) is 6.28. The second kappa shape index (κ2) is 7.41. The molecule has 1 unspecified atom stereocenters. The van der Waals surface area contributed by atoms with Crippen LogP contribution in [0.5, 0.6) is 0 Å². The Hall–Kier alpha value is -0.390. The highest BCUT2D eigenvalue weighted by molar-refractivity contribution is 9.13. The van der Waals surface area contributed by atoms with Gasteiger partial charge in [-0.3, -0.25) is 4.79 Å². The van der Waals surface area contributed by atoms with Crippen LogP contribution in [-0.2, 0) is 4.79 Å². The van der Waals surface area contributed by atoms with Gasteiger partial charge in [-0.1, -0.05) is 6.92 Å². The monoisotopic (exact) mass is 390 g/mol. The van der Waals surface area contributed by atoms with Crippen LogP contribution in [0.3, 0.4) is 0 Å². The summed E-state index contributed by atoms with van der Waals surface area (Å²) in [5, 5.41) is 0. The quantitative estimate of drug-likeness (QED) is 0.759. The number of carbonyl (C=O) groups excluding carboxylic acids is 1. The molecule has 0 aliphatic carbocycles. The Bertz CT molecular complexity index is 449. The summed E-state index contributed by atoms with van der Waals surface area (Å²) in [5.41, 5.74) is 0.927. The van der Waals surface area contributed by atoms with Crippen molar-refractivity contribution in [3.05, 3.63) is 27.1 Å². The molecule has 1 aromatic rings. The van der Waals surface area contributed by atoms with Crippen LogP contribution < -0.4 is 4.90 Å². The van der Waals surface area contributed by atoms with Gasteiger partial charge in [0.25, 0.3) is 0 Å². The number of anilines is 1. The van der Waals surface area contributed by atoms with Crippen LogP contribution in [0.1, 0.15) is 20.3 Å². The molecule has 5 heteroatoms. The summed E-state index contributed by atoms with van der Waals surface area (Å²) >= 11 is 6.94. The number of amides is 1. The fourth-order valence-electron chi connectivity index (χ4n) is 2.06. The van der Waals surface area contributed by atoms with Gasteiger partial charge in [-0.05, 0) is 71.1 Å². The molecule has 0 aliphatic heterocycles. The zero-order valence-corrected chi connectivity index (χ0v) is 15.0. The average molecular weight is 392 g/mol. The lowest BCUT2D eigenvalue weighted by molar-refractivity contribution is -0.118. The van der Waals surface area contributed by atoms with E-state index in [0.717, 1.165) is 21.2 Å². The smallest absolute Gasteiger partial charge is 0.226 e. The first-order valence-corrected chi connectivity index (χ1v) is 7.87. The maximum absolute atomic E-state index is 12.2. The number of carbonyl (C=O) groups is 1. The van der Waals surface area contributed by atoms with E-state index in [-0.39, 0.29) is 11.9 Å². The zero-order chi connectivity index (χ0) is 14.6. The third-order valence-corrected chi connectivity index (χ3v) is 4.70. The van der Waals surface area contributed by atoms with Crippen LogP contribution in [0.4, 0.5) is 5.69 Å². The molecular formula is C14H20Br2N2O. The van der Waals surface area contributed by atoms with Crippen LogP contribution in [0, 0.1) is 0 Å². The Kier molecular flexibility index (Phi) is 6.50. The predicted molar refractivity (Wildman–Crippen MR) is 87.6 cm³/mol. The van der Waals surface area contributed by atoms with E-state index in [0.29, 0.717) is 6.42 Å². The molecule has 106 valence electrons. The second-order valence-electron chi connectivity index (χ2n) is 4.83. The number of hydrogen-bond donors (Lipinski definition) is 0. The fourth-order valence-corrected chi connectivity index (χ4v) is 2.67. The fraction of sp³-hybridized carbons (Fsp3) is 0.500. The lowest BCUT2D eigenvalue weighted by Gasteiger charge is -2.31. The average Bonchev–Trinajstić information content (AvgIpc) is 2.32. The molecule has 0 aliphatic rings. The standard InChI is InChI=1S/C14H20Br2N2O/c1-5-14(19)18(10(2)9-17(3)4)11-6-7-12(15)13(16)8-11/h6-8,10H,5,9H2,1-4H3. The molecule has 1 rings (SSSR count). The van der Waals surface area contributed by atoms with Crippen molar-refractivity contribution in [2.24, 2.45) is 0 Å². The highest BCUT2D eigenvalue weighted by Crippen LogP contribution is 2.29. The normalized spacial score (nSPS) is 12.6. The molecule has 3 nitrogen and oxygen atoms in total. The van der Waals surface area contributed by atoms with Gasteiger partial charge < -0.3 is 9.80 Å². The summed E-state index contributed by atoms with van der Waals surface area (Å²) in [6.45, 7) is 4.80. The Balaban J connectivity index is 3.08. The predicted octanol–water partition coefficient (Wildman–Crippen LogP) is 3.90. The minimum absolute atomic E-state index is 0.135. The third kappa shape index (κ3) is 4.58. The Labute approximate surface area is 132 Å². The van der Waals surface area contributed by atoms with Crippen molar-refractivity contribution in [3.8, 4) is 0 Å². The summed E-state index contributed by atoms with van der Waals surface area (Å²) in [6, 6.07) is 6.03. The molecule has 19 heavy (non-hydrogen) atoms. The highest BCUT2D eigenvalue weighted by Gasteiger charge is 2.21. The topological polar surface area (TPSA) is 23.6 Å². The maximum atomic E-state index is 12.2. The number of nitrogens with zero attached hydrogens (tertiary/aromatic N) is 2. The molecule has 0 heterocycles. The van der Waals surface area contributed by atoms with Crippen molar-refractivity contribution in [3.63, 3.8) is 0 Å². The molecule has 0 spiro atoms. The highest BCUT2D eigenvalue weighted by atomic mass is 79.9. The molecule has 0 aromatic heterocycles. The number of rotatable bonds is 5. The van der Waals surface area contributed by atoms with Gasteiger partial charge in [0.15, 0.2) is 0 Å². The van der Waals surface area contributed by atoms with Crippen molar-refractivity contribution in [2.45, 2.75) is 26.3 Å². The van der Waals surface area contributed by atoms with Crippen molar-refractivity contribution < 1.29 is 4.79 Å². The van der Waals surface area contributed by atoms with Gasteiger partial charge in [0.1, 0.15) is 0 Å². The first-order chi connectivity index (χ1) is 8.86. The summed E-state index contributed by atoms with van der Waals surface area (Å²) in [7, 11) is 4.03. The SMILES string of the molecule is CCC(=O)N(c1ccc(Br)c(Br)c1)C(C)CN(C)C.